The lowest BCUT2D eigenvalue weighted by Crippen LogP contribution is -2.59. The SMILES string of the molecule is Cc1cccc2c1C1CCC(CC1)OCC1C(NS(C)(=O)=O)CCCN1C(=O)CO2. The summed E-state index contributed by atoms with van der Waals surface area (Å²) in [5.41, 5.74) is 2.42. The third-order valence-electron chi connectivity index (χ3n) is 6.69. The molecule has 2 fully saturated rings. The average Bonchev–Trinajstić information content (AvgIpc) is 2.71. The van der Waals surface area contributed by atoms with Crippen LogP contribution in [0.3, 0.4) is 0 Å². The average molecular weight is 437 g/mol. The number of aryl methyl sites for hydroxylation is 1. The molecule has 30 heavy (non-hydrogen) atoms. The highest BCUT2D eigenvalue weighted by Gasteiger charge is 2.37. The Kier molecular flexibility index (Phi) is 6.36. The van der Waals surface area contributed by atoms with Crippen LogP contribution in [0, 0.1) is 6.92 Å². The van der Waals surface area contributed by atoms with Crippen molar-refractivity contribution in [3.8, 4) is 5.75 Å². The topological polar surface area (TPSA) is 84.9 Å². The molecule has 3 aliphatic heterocycles. The highest BCUT2D eigenvalue weighted by molar-refractivity contribution is 7.88. The Morgan fingerprint density at radius 2 is 1.90 bits per heavy atom. The number of nitrogens with one attached hydrogen (secondary N) is 1. The lowest BCUT2D eigenvalue weighted by atomic mass is 9.80. The number of hydrogen-bond acceptors (Lipinski definition) is 5. The molecule has 2 bridgehead atoms. The Morgan fingerprint density at radius 3 is 2.63 bits per heavy atom. The van der Waals surface area contributed by atoms with E-state index in [-0.39, 0.29) is 30.7 Å². The van der Waals surface area contributed by atoms with Crippen LogP contribution < -0.4 is 9.46 Å². The zero-order chi connectivity index (χ0) is 21.3. The van der Waals surface area contributed by atoms with E-state index in [4.69, 9.17) is 9.47 Å². The van der Waals surface area contributed by atoms with Crippen LogP contribution in [0.4, 0.5) is 0 Å². The number of piperidine rings is 1. The van der Waals surface area contributed by atoms with Crippen LogP contribution in [0.15, 0.2) is 18.2 Å². The summed E-state index contributed by atoms with van der Waals surface area (Å²) in [6, 6.07) is 5.38. The third-order valence-corrected chi connectivity index (χ3v) is 7.42. The second kappa shape index (κ2) is 8.85. The van der Waals surface area contributed by atoms with Gasteiger partial charge in [0, 0.05) is 18.2 Å². The van der Waals surface area contributed by atoms with Gasteiger partial charge in [0.05, 0.1) is 25.0 Å². The molecule has 1 amide bonds. The molecule has 0 radical (unpaired) electrons. The second-order valence-electron chi connectivity index (χ2n) is 8.88. The van der Waals surface area contributed by atoms with Crippen molar-refractivity contribution in [3.05, 3.63) is 29.3 Å². The first-order valence-corrected chi connectivity index (χ1v) is 12.8. The van der Waals surface area contributed by atoms with Crippen LogP contribution >= 0.6 is 0 Å². The molecule has 166 valence electrons. The van der Waals surface area contributed by atoms with Gasteiger partial charge in [-0.05, 0) is 63.0 Å². The van der Waals surface area contributed by atoms with E-state index in [0.717, 1.165) is 44.1 Å². The molecule has 1 saturated carbocycles. The molecular formula is C22H32N2O5S. The minimum Gasteiger partial charge on any atom is -0.483 e. The number of benzene rings is 1. The molecule has 1 N–H and O–H groups in total. The Morgan fingerprint density at radius 1 is 1.13 bits per heavy atom. The normalized spacial score (nSPS) is 30.3. The molecular weight excluding hydrogens is 404 g/mol. The lowest BCUT2D eigenvalue weighted by Gasteiger charge is -2.41. The fourth-order valence-corrected chi connectivity index (χ4v) is 6.09. The first-order chi connectivity index (χ1) is 14.3. The van der Waals surface area contributed by atoms with Crippen molar-refractivity contribution in [1.29, 1.82) is 0 Å². The minimum absolute atomic E-state index is 0.0469. The number of nitrogens with zero attached hydrogens (tertiary/aromatic N) is 1. The van der Waals surface area contributed by atoms with Crippen molar-refractivity contribution in [1.82, 2.24) is 9.62 Å². The molecule has 0 spiro atoms. The molecule has 1 aromatic rings. The number of amides is 1. The third kappa shape index (κ3) is 4.81. The van der Waals surface area contributed by atoms with Gasteiger partial charge in [0.15, 0.2) is 6.61 Å². The zero-order valence-corrected chi connectivity index (χ0v) is 18.6. The number of fused-ring (bicyclic) bond motifs is 5. The van der Waals surface area contributed by atoms with Gasteiger partial charge in [-0.15, -0.1) is 0 Å². The number of carbonyl (C=O) groups is 1. The fourth-order valence-electron chi connectivity index (χ4n) is 5.26. The number of sulfonamides is 1. The number of hydrogen-bond donors (Lipinski definition) is 1. The van der Waals surface area contributed by atoms with E-state index in [0.29, 0.717) is 25.5 Å². The minimum atomic E-state index is -3.38. The summed E-state index contributed by atoms with van der Waals surface area (Å²) in [5.74, 6) is 1.09. The van der Waals surface area contributed by atoms with Gasteiger partial charge >= 0.3 is 0 Å². The summed E-state index contributed by atoms with van der Waals surface area (Å²) in [6.45, 7) is 2.99. The largest absolute Gasteiger partial charge is 0.483 e. The van der Waals surface area contributed by atoms with Gasteiger partial charge in [0.25, 0.3) is 5.91 Å². The van der Waals surface area contributed by atoms with Crippen LogP contribution in [-0.4, -0.2) is 63.4 Å². The van der Waals surface area contributed by atoms with E-state index in [1.165, 1.54) is 11.1 Å². The maximum absolute atomic E-state index is 13.1. The predicted molar refractivity (Wildman–Crippen MR) is 114 cm³/mol. The molecule has 2 unspecified atom stereocenters. The fraction of sp³-hybridized carbons (Fsp3) is 0.682. The van der Waals surface area contributed by atoms with Crippen LogP contribution in [0.2, 0.25) is 0 Å². The summed E-state index contributed by atoms with van der Waals surface area (Å²) in [4.78, 5) is 14.9. The van der Waals surface area contributed by atoms with Crippen molar-refractivity contribution >= 4 is 15.9 Å². The van der Waals surface area contributed by atoms with Crippen molar-refractivity contribution in [3.63, 3.8) is 0 Å². The van der Waals surface area contributed by atoms with Gasteiger partial charge in [0.1, 0.15) is 5.75 Å². The Balaban J connectivity index is 1.63. The predicted octanol–water partition coefficient (Wildman–Crippen LogP) is 2.34. The van der Waals surface area contributed by atoms with Crippen molar-refractivity contribution in [2.24, 2.45) is 0 Å². The quantitative estimate of drug-likeness (QED) is 0.769. The van der Waals surface area contributed by atoms with E-state index in [1.54, 1.807) is 4.90 Å². The van der Waals surface area contributed by atoms with Crippen LogP contribution in [0.1, 0.15) is 55.6 Å². The molecule has 1 aromatic carbocycles. The first kappa shape index (κ1) is 21.6. The maximum Gasteiger partial charge on any atom is 0.260 e. The second-order valence-corrected chi connectivity index (χ2v) is 10.7. The van der Waals surface area contributed by atoms with Gasteiger partial charge in [-0.1, -0.05) is 12.1 Å². The van der Waals surface area contributed by atoms with Gasteiger partial charge in [0.2, 0.25) is 10.0 Å². The summed E-state index contributed by atoms with van der Waals surface area (Å²) in [5, 5.41) is 0. The standard InChI is InChI=1S/C22H32N2O5S/c1-15-5-3-7-20-22(15)16-8-10-17(11-9-16)28-13-19-18(23-30(2,26)27)6-4-12-24(19)21(25)14-29-20/h3,5,7,16-19,23H,4,6,8-14H2,1-2H3. The first-order valence-electron chi connectivity index (χ1n) is 10.9. The molecule has 7 nitrogen and oxygen atoms in total. The number of ether oxygens (including phenoxy) is 2. The summed E-state index contributed by atoms with van der Waals surface area (Å²) in [7, 11) is -3.38. The molecule has 4 aliphatic rings. The zero-order valence-electron chi connectivity index (χ0n) is 17.8. The number of rotatable bonds is 2. The molecule has 5 rings (SSSR count). The summed E-state index contributed by atoms with van der Waals surface area (Å²) < 4.78 is 38.8. The van der Waals surface area contributed by atoms with E-state index in [9.17, 15) is 13.2 Å². The molecule has 1 saturated heterocycles. The lowest BCUT2D eigenvalue weighted by molar-refractivity contribution is -0.140. The highest BCUT2D eigenvalue weighted by Crippen LogP contribution is 2.40. The van der Waals surface area contributed by atoms with Gasteiger partial charge in [-0.2, -0.15) is 0 Å². The van der Waals surface area contributed by atoms with Crippen LogP contribution in [-0.2, 0) is 19.6 Å². The van der Waals surface area contributed by atoms with Crippen molar-refractivity contribution < 1.29 is 22.7 Å². The molecule has 1 aliphatic carbocycles. The highest BCUT2D eigenvalue weighted by atomic mass is 32.2. The van der Waals surface area contributed by atoms with Crippen LogP contribution in [0.5, 0.6) is 5.75 Å². The summed E-state index contributed by atoms with van der Waals surface area (Å²) in [6.07, 6.45) is 6.73. The molecule has 0 aromatic heterocycles. The Labute approximate surface area is 179 Å². The monoisotopic (exact) mass is 436 g/mol. The van der Waals surface area contributed by atoms with Crippen LogP contribution in [0.25, 0.3) is 0 Å². The Hall–Kier alpha value is -1.64. The van der Waals surface area contributed by atoms with E-state index < -0.39 is 10.0 Å². The molecule has 3 heterocycles. The smallest absolute Gasteiger partial charge is 0.260 e. The van der Waals surface area contributed by atoms with Gasteiger partial charge < -0.3 is 14.4 Å². The van der Waals surface area contributed by atoms with Crippen molar-refractivity contribution in [2.75, 3.05) is 26.0 Å². The molecule has 2 atom stereocenters. The number of carbonyl (C=O) groups excluding carboxylic acids is 1. The van der Waals surface area contributed by atoms with Gasteiger partial charge in [-0.3, -0.25) is 4.79 Å². The summed E-state index contributed by atoms with van der Waals surface area (Å²) >= 11 is 0. The van der Waals surface area contributed by atoms with E-state index in [2.05, 4.69) is 17.7 Å². The van der Waals surface area contributed by atoms with E-state index in [1.807, 2.05) is 12.1 Å². The maximum atomic E-state index is 13.1. The van der Waals surface area contributed by atoms with E-state index >= 15 is 0 Å². The van der Waals surface area contributed by atoms with Gasteiger partial charge in [-0.25, -0.2) is 13.1 Å². The van der Waals surface area contributed by atoms with Crippen molar-refractivity contribution in [2.45, 2.75) is 69.6 Å². The Bertz CT molecular complexity index is 880. The molecule has 8 heteroatoms.